The van der Waals surface area contributed by atoms with Crippen molar-refractivity contribution in [3.8, 4) is 0 Å². The van der Waals surface area contributed by atoms with E-state index in [9.17, 15) is 4.79 Å². The Balaban J connectivity index is 1.87. The molecule has 3 heteroatoms. The van der Waals surface area contributed by atoms with E-state index in [0.717, 1.165) is 13.0 Å². The molecule has 0 N–H and O–H groups in total. The number of nitrogens with zero attached hydrogens (tertiary/aromatic N) is 2. The largest absolute Gasteiger partial charge is 0.339 e. The maximum atomic E-state index is 12.0. The van der Waals surface area contributed by atoms with Gasteiger partial charge in [-0.3, -0.25) is 4.79 Å². The number of amides is 1. The van der Waals surface area contributed by atoms with Crippen LogP contribution in [0.4, 0.5) is 0 Å². The number of benzene rings is 1. The van der Waals surface area contributed by atoms with Crippen LogP contribution < -0.4 is 0 Å². The highest BCUT2D eigenvalue weighted by Gasteiger charge is 2.42. The summed E-state index contributed by atoms with van der Waals surface area (Å²) in [5.41, 5.74) is 1.34. The first kappa shape index (κ1) is 13.8. The first-order valence-corrected chi connectivity index (χ1v) is 6.72. The van der Waals surface area contributed by atoms with Crippen LogP contribution in [0.5, 0.6) is 0 Å². The molecular formula is C16H22N2O. The number of hydrogen-bond donors (Lipinski definition) is 0. The highest BCUT2D eigenvalue weighted by molar-refractivity contribution is 5.88. The first-order valence-electron chi connectivity index (χ1n) is 6.72. The van der Waals surface area contributed by atoms with Crippen LogP contribution in [0, 0.1) is 0 Å². The average Bonchev–Trinajstić information content (AvgIpc) is 3.18. The zero-order chi connectivity index (χ0) is 13.8. The normalized spacial score (nSPS) is 21.9. The summed E-state index contributed by atoms with van der Waals surface area (Å²) in [5, 5.41) is 0. The van der Waals surface area contributed by atoms with Gasteiger partial charge in [-0.25, -0.2) is 0 Å². The van der Waals surface area contributed by atoms with Gasteiger partial charge in [-0.15, -0.1) is 0 Å². The second kappa shape index (κ2) is 6.02. The van der Waals surface area contributed by atoms with E-state index in [4.69, 9.17) is 0 Å². The quantitative estimate of drug-likeness (QED) is 0.755. The molecule has 0 heterocycles. The minimum Gasteiger partial charge on any atom is -0.339 e. The topological polar surface area (TPSA) is 23.6 Å². The predicted octanol–water partition coefficient (Wildman–Crippen LogP) is 2.12. The van der Waals surface area contributed by atoms with Gasteiger partial charge in [-0.2, -0.15) is 0 Å². The second-order valence-corrected chi connectivity index (χ2v) is 5.43. The van der Waals surface area contributed by atoms with Crippen molar-refractivity contribution in [1.29, 1.82) is 0 Å². The lowest BCUT2D eigenvalue weighted by atomic mass is 10.1. The van der Waals surface area contributed by atoms with Gasteiger partial charge in [-0.05, 0) is 26.1 Å². The molecule has 0 saturated heterocycles. The Morgan fingerprint density at radius 2 is 1.95 bits per heavy atom. The third-order valence-corrected chi connectivity index (χ3v) is 3.56. The molecule has 1 amide bonds. The maximum absolute atomic E-state index is 12.0. The summed E-state index contributed by atoms with van der Waals surface area (Å²) in [6.07, 6.45) is 4.67. The molecule has 2 atom stereocenters. The van der Waals surface area contributed by atoms with Crippen LogP contribution in [0.1, 0.15) is 17.9 Å². The first-order chi connectivity index (χ1) is 9.09. The van der Waals surface area contributed by atoms with E-state index in [-0.39, 0.29) is 5.91 Å². The van der Waals surface area contributed by atoms with E-state index in [2.05, 4.69) is 24.3 Å². The van der Waals surface area contributed by atoms with Crippen LogP contribution >= 0.6 is 0 Å². The average molecular weight is 258 g/mol. The van der Waals surface area contributed by atoms with E-state index in [1.807, 2.05) is 43.1 Å². The van der Waals surface area contributed by atoms with E-state index >= 15 is 0 Å². The summed E-state index contributed by atoms with van der Waals surface area (Å²) in [6, 6.07) is 10.8. The highest BCUT2D eigenvalue weighted by atomic mass is 16.2. The Kier molecular flexibility index (Phi) is 4.38. The Labute approximate surface area is 115 Å². The van der Waals surface area contributed by atoms with Crippen LogP contribution in [-0.4, -0.2) is 49.4 Å². The number of carbonyl (C=O) groups excluding carboxylic acids is 1. The van der Waals surface area contributed by atoms with Gasteiger partial charge in [0, 0.05) is 31.6 Å². The van der Waals surface area contributed by atoms with E-state index < -0.39 is 0 Å². The minimum absolute atomic E-state index is 0.102. The van der Waals surface area contributed by atoms with Gasteiger partial charge in [-0.1, -0.05) is 36.4 Å². The van der Waals surface area contributed by atoms with Crippen LogP contribution in [0.15, 0.2) is 42.5 Å². The molecule has 2 rings (SSSR count). The Morgan fingerprint density at radius 3 is 2.58 bits per heavy atom. The third kappa shape index (κ3) is 3.67. The summed E-state index contributed by atoms with van der Waals surface area (Å²) in [5.74, 6) is 0.614. The zero-order valence-electron chi connectivity index (χ0n) is 11.9. The minimum atomic E-state index is 0.102. The van der Waals surface area contributed by atoms with Crippen LogP contribution in [0.3, 0.4) is 0 Å². The number of hydrogen-bond acceptors (Lipinski definition) is 2. The van der Waals surface area contributed by atoms with Crippen molar-refractivity contribution in [2.45, 2.75) is 18.4 Å². The monoisotopic (exact) mass is 258 g/mol. The van der Waals surface area contributed by atoms with Crippen LogP contribution in [0.25, 0.3) is 0 Å². The van der Waals surface area contributed by atoms with Gasteiger partial charge in [0.1, 0.15) is 0 Å². The second-order valence-electron chi connectivity index (χ2n) is 5.43. The Bertz CT molecular complexity index is 453. The molecule has 1 fully saturated rings. The summed E-state index contributed by atoms with van der Waals surface area (Å²) >= 11 is 0. The molecule has 0 spiro atoms. The van der Waals surface area contributed by atoms with Gasteiger partial charge < -0.3 is 9.80 Å². The van der Waals surface area contributed by atoms with Crippen molar-refractivity contribution in [3.05, 3.63) is 48.0 Å². The molecule has 19 heavy (non-hydrogen) atoms. The Hall–Kier alpha value is -1.61. The molecule has 0 bridgehead atoms. The van der Waals surface area contributed by atoms with Crippen molar-refractivity contribution >= 4 is 5.91 Å². The Morgan fingerprint density at radius 1 is 1.26 bits per heavy atom. The van der Waals surface area contributed by atoms with Crippen molar-refractivity contribution in [2.24, 2.45) is 0 Å². The molecular weight excluding hydrogens is 236 g/mol. The van der Waals surface area contributed by atoms with E-state index in [1.165, 1.54) is 5.56 Å². The fraction of sp³-hybridized carbons (Fsp3) is 0.438. The summed E-state index contributed by atoms with van der Waals surface area (Å²) in [6.45, 7) is 0.798. The molecule has 1 aromatic carbocycles. The number of carbonyl (C=O) groups is 1. The maximum Gasteiger partial charge on any atom is 0.246 e. The van der Waals surface area contributed by atoms with Crippen molar-refractivity contribution < 1.29 is 4.79 Å². The van der Waals surface area contributed by atoms with Crippen LogP contribution in [-0.2, 0) is 4.79 Å². The lowest BCUT2D eigenvalue weighted by molar-refractivity contribution is -0.125. The van der Waals surface area contributed by atoms with Gasteiger partial charge in [0.15, 0.2) is 0 Å². The van der Waals surface area contributed by atoms with Crippen molar-refractivity contribution in [1.82, 2.24) is 9.80 Å². The molecule has 0 aromatic heterocycles. The molecule has 2 unspecified atom stereocenters. The predicted molar refractivity (Wildman–Crippen MR) is 78.1 cm³/mol. The molecule has 3 nitrogen and oxygen atoms in total. The summed E-state index contributed by atoms with van der Waals surface area (Å²) < 4.78 is 0. The van der Waals surface area contributed by atoms with Gasteiger partial charge in [0.05, 0.1) is 0 Å². The number of rotatable bonds is 5. The van der Waals surface area contributed by atoms with Crippen molar-refractivity contribution in [3.63, 3.8) is 0 Å². The lowest BCUT2D eigenvalue weighted by Crippen LogP contribution is -2.28. The van der Waals surface area contributed by atoms with Gasteiger partial charge >= 0.3 is 0 Å². The molecule has 102 valence electrons. The summed E-state index contributed by atoms with van der Waals surface area (Å²) in [7, 11) is 5.88. The third-order valence-electron chi connectivity index (χ3n) is 3.56. The fourth-order valence-electron chi connectivity index (χ4n) is 2.31. The SMILES string of the molecule is CN(C)C/C=C/C(=O)N(C)C1CC1c1ccccc1. The molecule has 1 saturated carbocycles. The van der Waals surface area contributed by atoms with Gasteiger partial charge in [0.25, 0.3) is 0 Å². The molecule has 1 aliphatic carbocycles. The fourth-order valence-corrected chi connectivity index (χ4v) is 2.31. The van der Waals surface area contributed by atoms with Gasteiger partial charge in [0.2, 0.25) is 5.91 Å². The highest BCUT2D eigenvalue weighted by Crippen LogP contribution is 2.44. The molecule has 0 aliphatic heterocycles. The smallest absolute Gasteiger partial charge is 0.246 e. The standard InChI is InChI=1S/C16H22N2O/c1-17(2)11-7-10-16(19)18(3)15-12-14(15)13-8-5-4-6-9-13/h4-10,14-15H,11-12H2,1-3H3/b10-7+. The zero-order valence-corrected chi connectivity index (χ0v) is 11.9. The lowest BCUT2D eigenvalue weighted by Gasteiger charge is -2.15. The molecule has 1 aromatic rings. The molecule has 0 radical (unpaired) electrons. The van der Waals surface area contributed by atoms with Crippen molar-refractivity contribution in [2.75, 3.05) is 27.7 Å². The van der Waals surface area contributed by atoms with Crippen LogP contribution in [0.2, 0.25) is 0 Å². The summed E-state index contributed by atoms with van der Waals surface area (Å²) in [4.78, 5) is 15.9. The molecule has 1 aliphatic rings. The number of likely N-dealkylation sites (N-methyl/N-ethyl adjacent to an activating group) is 2. The van der Waals surface area contributed by atoms with E-state index in [1.54, 1.807) is 6.08 Å². The van der Waals surface area contributed by atoms with E-state index in [0.29, 0.717) is 12.0 Å².